The average molecular weight is 174 g/mol. The van der Waals surface area contributed by atoms with E-state index in [4.69, 9.17) is 28.6 Å². The standard InChI is InChI=1S/C7H5Cl2N/c8-6-4-2-1-3-5(6)7(9)10/h1-4,10H. The summed E-state index contributed by atoms with van der Waals surface area (Å²) >= 11 is 11.1. The van der Waals surface area contributed by atoms with Crippen molar-refractivity contribution in [3.05, 3.63) is 34.9 Å². The van der Waals surface area contributed by atoms with Crippen LogP contribution >= 0.6 is 23.2 Å². The maximum absolute atomic E-state index is 7.06. The average Bonchev–Trinajstić information content (AvgIpc) is 1.88. The van der Waals surface area contributed by atoms with Crippen LogP contribution in [0.1, 0.15) is 5.56 Å². The topological polar surface area (TPSA) is 23.9 Å². The van der Waals surface area contributed by atoms with Crippen molar-refractivity contribution in [1.82, 2.24) is 0 Å². The van der Waals surface area contributed by atoms with Crippen LogP contribution in [-0.4, -0.2) is 5.17 Å². The van der Waals surface area contributed by atoms with Gasteiger partial charge in [0, 0.05) is 5.56 Å². The molecule has 1 aromatic carbocycles. The summed E-state index contributed by atoms with van der Waals surface area (Å²) in [5, 5.41) is 7.55. The quantitative estimate of drug-likeness (QED) is 0.633. The fourth-order valence-electron chi connectivity index (χ4n) is 0.639. The Bertz CT molecular complexity index is 258. The Morgan fingerprint density at radius 1 is 1.30 bits per heavy atom. The highest BCUT2D eigenvalue weighted by molar-refractivity contribution is 6.69. The summed E-state index contributed by atoms with van der Waals surface area (Å²) in [5.41, 5.74) is 0.575. The van der Waals surface area contributed by atoms with Crippen LogP contribution in [0.15, 0.2) is 24.3 Å². The zero-order valence-electron chi connectivity index (χ0n) is 5.07. The minimum atomic E-state index is -0.0226. The molecule has 0 fully saturated rings. The number of nitrogens with one attached hydrogen (secondary N) is 1. The molecule has 0 spiro atoms. The smallest absolute Gasteiger partial charge is 0.129 e. The predicted molar refractivity (Wildman–Crippen MR) is 44.1 cm³/mol. The SMILES string of the molecule is N=C(Cl)c1ccccc1Cl. The van der Waals surface area contributed by atoms with Gasteiger partial charge in [-0.2, -0.15) is 0 Å². The first kappa shape index (κ1) is 7.58. The molecule has 1 nitrogen and oxygen atoms in total. The maximum Gasteiger partial charge on any atom is 0.129 e. The molecule has 0 atom stereocenters. The number of hydrogen-bond acceptors (Lipinski definition) is 1. The van der Waals surface area contributed by atoms with E-state index >= 15 is 0 Å². The van der Waals surface area contributed by atoms with E-state index in [2.05, 4.69) is 0 Å². The van der Waals surface area contributed by atoms with Crippen molar-refractivity contribution in [2.24, 2.45) is 0 Å². The van der Waals surface area contributed by atoms with E-state index in [1.807, 2.05) is 0 Å². The minimum absolute atomic E-state index is 0.0226. The molecule has 52 valence electrons. The normalized spacial score (nSPS) is 9.40. The first-order valence-electron chi connectivity index (χ1n) is 2.71. The molecule has 3 heteroatoms. The van der Waals surface area contributed by atoms with Crippen LogP contribution in [0, 0.1) is 5.41 Å². The second kappa shape index (κ2) is 3.04. The molecule has 0 unspecified atom stereocenters. The third kappa shape index (κ3) is 1.49. The van der Waals surface area contributed by atoms with Crippen LogP contribution in [0.5, 0.6) is 0 Å². The molecule has 1 aromatic rings. The molecule has 0 amide bonds. The molecule has 0 aliphatic heterocycles. The molecule has 0 radical (unpaired) electrons. The van der Waals surface area contributed by atoms with Gasteiger partial charge in [-0.1, -0.05) is 41.4 Å². The van der Waals surface area contributed by atoms with Crippen LogP contribution in [-0.2, 0) is 0 Å². The highest BCUT2D eigenvalue weighted by Crippen LogP contribution is 2.16. The van der Waals surface area contributed by atoms with Crippen molar-refractivity contribution in [2.45, 2.75) is 0 Å². The van der Waals surface area contributed by atoms with E-state index in [-0.39, 0.29) is 5.17 Å². The third-order valence-corrected chi connectivity index (χ3v) is 1.64. The Hall–Kier alpha value is -0.530. The summed E-state index contributed by atoms with van der Waals surface area (Å²) in [6, 6.07) is 7.00. The highest BCUT2D eigenvalue weighted by atomic mass is 35.5. The lowest BCUT2D eigenvalue weighted by atomic mass is 10.2. The number of benzene rings is 1. The summed E-state index contributed by atoms with van der Waals surface area (Å²) in [7, 11) is 0. The fraction of sp³-hybridized carbons (Fsp3) is 0. The van der Waals surface area contributed by atoms with Gasteiger partial charge in [-0.05, 0) is 6.07 Å². The molecule has 1 rings (SSSR count). The van der Waals surface area contributed by atoms with Crippen molar-refractivity contribution in [3.8, 4) is 0 Å². The number of halogens is 2. The Labute approximate surface area is 69.1 Å². The predicted octanol–water partition coefficient (Wildman–Crippen LogP) is 2.90. The number of hydrogen-bond donors (Lipinski definition) is 1. The Balaban J connectivity index is 3.15. The van der Waals surface area contributed by atoms with Crippen LogP contribution in [0.4, 0.5) is 0 Å². The lowest BCUT2D eigenvalue weighted by Crippen LogP contribution is -1.88. The summed E-state index contributed by atoms with van der Waals surface area (Å²) < 4.78 is 0. The van der Waals surface area contributed by atoms with Crippen LogP contribution in [0.3, 0.4) is 0 Å². The van der Waals surface area contributed by atoms with Gasteiger partial charge in [0.15, 0.2) is 0 Å². The molecule has 0 aromatic heterocycles. The van der Waals surface area contributed by atoms with Gasteiger partial charge in [0.05, 0.1) is 5.02 Å². The molecular formula is C7H5Cl2N. The Morgan fingerprint density at radius 3 is 2.30 bits per heavy atom. The second-order valence-corrected chi connectivity index (χ2v) is 2.58. The third-order valence-electron chi connectivity index (χ3n) is 1.11. The number of rotatable bonds is 1. The van der Waals surface area contributed by atoms with E-state index in [1.54, 1.807) is 24.3 Å². The lowest BCUT2D eigenvalue weighted by molar-refractivity contribution is 1.52. The Kier molecular flexibility index (Phi) is 2.30. The van der Waals surface area contributed by atoms with Gasteiger partial charge in [0.2, 0.25) is 0 Å². The highest BCUT2D eigenvalue weighted by Gasteiger charge is 2.00. The monoisotopic (exact) mass is 173 g/mol. The molecule has 0 aliphatic rings. The molecule has 0 saturated heterocycles. The van der Waals surface area contributed by atoms with Crippen molar-refractivity contribution in [1.29, 1.82) is 5.41 Å². The van der Waals surface area contributed by atoms with Crippen molar-refractivity contribution < 1.29 is 0 Å². The zero-order valence-corrected chi connectivity index (χ0v) is 6.58. The van der Waals surface area contributed by atoms with Crippen molar-refractivity contribution >= 4 is 28.4 Å². The van der Waals surface area contributed by atoms with Gasteiger partial charge in [0.25, 0.3) is 0 Å². The molecule has 0 saturated carbocycles. The Morgan fingerprint density at radius 2 is 1.90 bits per heavy atom. The second-order valence-electron chi connectivity index (χ2n) is 1.79. The lowest BCUT2D eigenvalue weighted by Gasteiger charge is -1.96. The minimum Gasteiger partial charge on any atom is -0.289 e. The largest absolute Gasteiger partial charge is 0.289 e. The van der Waals surface area contributed by atoms with E-state index < -0.39 is 0 Å². The van der Waals surface area contributed by atoms with Gasteiger partial charge in [-0.25, -0.2) is 0 Å². The molecule has 0 heterocycles. The van der Waals surface area contributed by atoms with Gasteiger partial charge in [-0.3, -0.25) is 5.41 Å². The van der Waals surface area contributed by atoms with Gasteiger partial charge < -0.3 is 0 Å². The van der Waals surface area contributed by atoms with E-state index in [1.165, 1.54) is 0 Å². The molecule has 0 bridgehead atoms. The molecule has 0 aliphatic carbocycles. The van der Waals surface area contributed by atoms with Crippen LogP contribution in [0.2, 0.25) is 5.02 Å². The van der Waals surface area contributed by atoms with Crippen LogP contribution in [0.25, 0.3) is 0 Å². The van der Waals surface area contributed by atoms with E-state index in [0.29, 0.717) is 10.6 Å². The molecule has 1 N–H and O–H groups in total. The summed E-state index contributed by atoms with van der Waals surface area (Å²) in [6.07, 6.45) is 0. The summed E-state index contributed by atoms with van der Waals surface area (Å²) in [6.45, 7) is 0. The summed E-state index contributed by atoms with van der Waals surface area (Å²) in [4.78, 5) is 0. The summed E-state index contributed by atoms with van der Waals surface area (Å²) in [5.74, 6) is 0. The van der Waals surface area contributed by atoms with Crippen LogP contribution < -0.4 is 0 Å². The zero-order chi connectivity index (χ0) is 7.56. The fourth-order valence-corrected chi connectivity index (χ4v) is 1.08. The first-order chi connectivity index (χ1) is 4.72. The van der Waals surface area contributed by atoms with E-state index in [0.717, 1.165) is 0 Å². The van der Waals surface area contributed by atoms with Crippen molar-refractivity contribution in [3.63, 3.8) is 0 Å². The first-order valence-corrected chi connectivity index (χ1v) is 3.46. The van der Waals surface area contributed by atoms with E-state index in [9.17, 15) is 0 Å². The molecular weight excluding hydrogens is 169 g/mol. The van der Waals surface area contributed by atoms with Gasteiger partial charge >= 0.3 is 0 Å². The van der Waals surface area contributed by atoms with Gasteiger partial charge in [0.1, 0.15) is 5.17 Å². The molecule has 10 heavy (non-hydrogen) atoms. The van der Waals surface area contributed by atoms with Gasteiger partial charge in [-0.15, -0.1) is 0 Å². The maximum atomic E-state index is 7.06. The van der Waals surface area contributed by atoms with Crippen molar-refractivity contribution in [2.75, 3.05) is 0 Å².